The Balaban J connectivity index is 1.93. The third-order valence-corrected chi connectivity index (χ3v) is 4.62. The van der Waals surface area contributed by atoms with Crippen LogP contribution in [0.2, 0.25) is 0 Å². The Morgan fingerprint density at radius 1 is 1.40 bits per heavy atom. The minimum atomic E-state index is -3.82. The van der Waals surface area contributed by atoms with E-state index in [4.69, 9.17) is 0 Å². The van der Waals surface area contributed by atoms with Crippen LogP contribution in [0.4, 0.5) is 4.39 Å². The third-order valence-electron chi connectivity index (χ3n) is 2.63. The molecule has 0 saturated carbocycles. The molecule has 1 N–H and O–H groups in total. The van der Waals surface area contributed by atoms with Crippen molar-refractivity contribution in [1.82, 2.24) is 14.3 Å². The molecule has 0 fully saturated rings. The lowest BCUT2D eigenvalue weighted by Crippen LogP contribution is -2.26. The molecule has 0 bridgehead atoms. The van der Waals surface area contributed by atoms with Gasteiger partial charge in [0.2, 0.25) is 10.0 Å². The van der Waals surface area contributed by atoms with E-state index in [1.54, 1.807) is 18.7 Å². The van der Waals surface area contributed by atoms with Gasteiger partial charge in [0.25, 0.3) is 0 Å². The zero-order chi connectivity index (χ0) is 14.6. The summed E-state index contributed by atoms with van der Waals surface area (Å²) in [6.07, 6.45) is 5.70. The molecular weight excluding hydrogens is 349 g/mol. The third kappa shape index (κ3) is 3.87. The summed E-state index contributed by atoms with van der Waals surface area (Å²) >= 11 is 3.09. The van der Waals surface area contributed by atoms with Crippen molar-refractivity contribution < 1.29 is 12.8 Å². The van der Waals surface area contributed by atoms with Gasteiger partial charge in [-0.15, -0.1) is 0 Å². The number of nitrogens with one attached hydrogen (secondary N) is 1. The molecule has 0 aliphatic heterocycles. The van der Waals surface area contributed by atoms with Gasteiger partial charge < -0.3 is 4.57 Å². The van der Waals surface area contributed by atoms with Gasteiger partial charge in [0.05, 0.1) is 6.33 Å². The second kappa shape index (κ2) is 6.47. The lowest BCUT2D eigenvalue weighted by Gasteiger charge is -2.08. The van der Waals surface area contributed by atoms with E-state index >= 15 is 0 Å². The van der Waals surface area contributed by atoms with Crippen LogP contribution >= 0.6 is 15.9 Å². The number of halogens is 2. The van der Waals surface area contributed by atoms with Crippen molar-refractivity contribution in [1.29, 1.82) is 0 Å². The second-order valence-corrected chi connectivity index (χ2v) is 6.78. The molecule has 20 heavy (non-hydrogen) atoms. The molecule has 0 unspecified atom stereocenters. The zero-order valence-electron chi connectivity index (χ0n) is 10.5. The smallest absolute Gasteiger partial charge is 0.243 e. The van der Waals surface area contributed by atoms with Crippen LogP contribution in [0, 0.1) is 5.82 Å². The molecule has 0 aliphatic carbocycles. The summed E-state index contributed by atoms with van der Waals surface area (Å²) in [6.45, 7) is 0.876. The molecule has 0 amide bonds. The van der Waals surface area contributed by atoms with E-state index in [0.29, 0.717) is 17.4 Å². The zero-order valence-corrected chi connectivity index (χ0v) is 12.9. The van der Waals surface area contributed by atoms with Crippen molar-refractivity contribution in [2.45, 2.75) is 17.9 Å². The highest BCUT2D eigenvalue weighted by Gasteiger charge is 2.18. The number of benzene rings is 1. The Bertz CT molecular complexity index is 674. The highest BCUT2D eigenvalue weighted by molar-refractivity contribution is 9.10. The molecule has 108 valence electrons. The number of aryl methyl sites for hydroxylation is 1. The van der Waals surface area contributed by atoms with Gasteiger partial charge >= 0.3 is 0 Å². The molecule has 2 aromatic rings. The van der Waals surface area contributed by atoms with Crippen LogP contribution in [0.5, 0.6) is 0 Å². The van der Waals surface area contributed by atoms with Gasteiger partial charge in [-0.2, -0.15) is 0 Å². The predicted molar refractivity (Wildman–Crippen MR) is 76.1 cm³/mol. The van der Waals surface area contributed by atoms with Gasteiger partial charge in [-0.05, 0) is 24.6 Å². The number of hydrogen-bond acceptors (Lipinski definition) is 3. The SMILES string of the molecule is O=S(=O)(NCCCn1ccnc1)c1ccc(Br)cc1F. The molecule has 5 nitrogen and oxygen atoms in total. The molecule has 2 rings (SSSR count). The maximum absolute atomic E-state index is 13.6. The van der Waals surface area contributed by atoms with E-state index in [-0.39, 0.29) is 11.4 Å². The predicted octanol–water partition coefficient (Wildman–Crippen LogP) is 2.15. The van der Waals surface area contributed by atoms with Crippen molar-refractivity contribution in [2.24, 2.45) is 0 Å². The maximum atomic E-state index is 13.6. The van der Waals surface area contributed by atoms with E-state index in [9.17, 15) is 12.8 Å². The van der Waals surface area contributed by atoms with Gasteiger partial charge in [0.1, 0.15) is 10.7 Å². The Kier molecular flexibility index (Phi) is 4.90. The summed E-state index contributed by atoms with van der Waals surface area (Å²) in [7, 11) is -3.82. The van der Waals surface area contributed by atoms with Crippen molar-refractivity contribution in [3.8, 4) is 0 Å². The summed E-state index contributed by atoms with van der Waals surface area (Å²) in [4.78, 5) is 3.54. The van der Waals surface area contributed by atoms with Crippen molar-refractivity contribution in [3.05, 3.63) is 47.2 Å². The monoisotopic (exact) mass is 361 g/mol. The van der Waals surface area contributed by atoms with Gasteiger partial charge in [-0.25, -0.2) is 22.5 Å². The quantitative estimate of drug-likeness (QED) is 0.801. The number of nitrogens with zero attached hydrogens (tertiary/aromatic N) is 2. The Morgan fingerprint density at radius 3 is 2.85 bits per heavy atom. The molecule has 1 aromatic heterocycles. The topological polar surface area (TPSA) is 64.0 Å². The number of imidazole rings is 1. The average Bonchev–Trinajstić information content (AvgIpc) is 2.87. The van der Waals surface area contributed by atoms with Crippen LogP contribution in [-0.2, 0) is 16.6 Å². The van der Waals surface area contributed by atoms with Crippen LogP contribution in [0.1, 0.15) is 6.42 Å². The fourth-order valence-corrected chi connectivity index (χ4v) is 3.12. The summed E-state index contributed by atoms with van der Waals surface area (Å²) < 4.78 is 42.2. The summed E-state index contributed by atoms with van der Waals surface area (Å²) in [5.41, 5.74) is 0. The number of hydrogen-bond donors (Lipinski definition) is 1. The van der Waals surface area contributed by atoms with Crippen molar-refractivity contribution in [3.63, 3.8) is 0 Å². The fourth-order valence-electron chi connectivity index (χ4n) is 1.66. The van der Waals surface area contributed by atoms with Crippen molar-refractivity contribution in [2.75, 3.05) is 6.54 Å². The highest BCUT2D eigenvalue weighted by Crippen LogP contribution is 2.19. The molecule has 0 spiro atoms. The summed E-state index contributed by atoms with van der Waals surface area (Å²) in [6, 6.07) is 3.85. The average molecular weight is 362 g/mol. The minimum absolute atomic E-state index is 0.232. The molecule has 0 aliphatic rings. The largest absolute Gasteiger partial charge is 0.337 e. The first kappa shape index (κ1) is 15.1. The summed E-state index contributed by atoms with van der Waals surface area (Å²) in [5.74, 6) is -0.776. The van der Waals surface area contributed by atoms with Crippen molar-refractivity contribution >= 4 is 26.0 Å². The highest BCUT2D eigenvalue weighted by atomic mass is 79.9. The van der Waals surface area contributed by atoms with E-state index in [0.717, 1.165) is 6.07 Å². The molecule has 0 atom stereocenters. The number of rotatable bonds is 6. The van der Waals surface area contributed by atoms with Gasteiger partial charge in [0, 0.05) is 30.0 Å². The Hall–Kier alpha value is -1.25. The Labute approximate surface area is 125 Å². The Morgan fingerprint density at radius 2 is 2.20 bits per heavy atom. The second-order valence-electron chi connectivity index (χ2n) is 4.13. The van der Waals surface area contributed by atoms with Crippen LogP contribution in [0.3, 0.4) is 0 Å². The van der Waals surface area contributed by atoms with Gasteiger partial charge in [-0.1, -0.05) is 15.9 Å². The lowest BCUT2D eigenvalue weighted by molar-refractivity contribution is 0.550. The van der Waals surface area contributed by atoms with Crippen LogP contribution < -0.4 is 4.72 Å². The molecular formula is C12H13BrFN3O2S. The minimum Gasteiger partial charge on any atom is -0.337 e. The standard InChI is InChI=1S/C12H13BrFN3O2S/c13-10-2-3-12(11(14)8-10)20(18,19)16-4-1-6-17-7-5-15-9-17/h2-3,5,7-9,16H,1,4,6H2. The van der Waals surface area contributed by atoms with E-state index in [2.05, 4.69) is 25.6 Å². The first-order valence-electron chi connectivity index (χ1n) is 5.89. The first-order chi connectivity index (χ1) is 9.49. The molecule has 1 heterocycles. The van der Waals surface area contributed by atoms with Crippen LogP contribution in [0.25, 0.3) is 0 Å². The van der Waals surface area contributed by atoms with E-state index in [1.807, 2.05) is 4.57 Å². The van der Waals surface area contributed by atoms with Crippen LogP contribution in [-0.4, -0.2) is 24.5 Å². The molecule has 0 saturated heterocycles. The lowest BCUT2D eigenvalue weighted by atomic mass is 10.3. The first-order valence-corrected chi connectivity index (χ1v) is 8.17. The number of sulfonamides is 1. The maximum Gasteiger partial charge on any atom is 0.243 e. The van der Waals surface area contributed by atoms with Crippen LogP contribution in [0.15, 0.2) is 46.3 Å². The normalized spacial score (nSPS) is 11.7. The van der Waals surface area contributed by atoms with Gasteiger partial charge in [-0.3, -0.25) is 0 Å². The van der Waals surface area contributed by atoms with E-state index < -0.39 is 15.8 Å². The summed E-state index contributed by atoms with van der Waals surface area (Å²) in [5, 5.41) is 0. The van der Waals surface area contributed by atoms with E-state index in [1.165, 1.54) is 12.1 Å². The number of aromatic nitrogens is 2. The molecule has 1 aromatic carbocycles. The fraction of sp³-hybridized carbons (Fsp3) is 0.250. The van der Waals surface area contributed by atoms with Gasteiger partial charge in [0.15, 0.2) is 0 Å². The molecule has 8 heteroatoms. The molecule has 0 radical (unpaired) electrons.